The highest BCUT2D eigenvalue weighted by Gasteiger charge is 2.02. The zero-order chi connectivity index (χ0) is 16.9. The second-order valence-corrected chi connectivity index (χ2v) is 5.33. The van der Waals surface area contributed by atoms with Crippen molar-refractivity contribution in [2.75, 3.05) is 39.9 Å². The first-order valence-electron chi connectivity index (χ1n) is 8.55. The van der Waals surface area contributed by atoms with Crippen LogP contribution in [0.1, 0.15) is 31.9 Å². The minimum Gasteiger partial charge on any atom is -0.380 e. The van der Waals surface area contributed by atoms with Gasteiger partial charge in [-0.05, 0) is 31.1 Å². The van der Waals surface area contributed by atoms with Gasteiger partial charge in [0, 0.05) is 33.3 Å². The van der Waals surface area contributed by atoms with Gasteiger partial charge >= 0.3 is 0 Å². The Morgan fingerprint density at radius 3 is 2.21 bits per heavy atom. The molecule has 0 unspecified atom stereocenters. The quantitative estimate of drug-likeness (QED) is 0.250. The average molecular weight is 448 g/mol. The van der Waals surface area contributed by atoms with Crippen molar-refractivity contribution in [3.8, 4) is 0 Å². The molecule has 0 radical (unpaired) electrons. The predicted molar refractivity (Wildman–Crippen MR) is 113 cm³/mol. The molecular formula is C18H33IN4O. The molecule has 0 spiro atoms. The molecule has 138 valence electrons. The summed E-state index contributed by atoms with van der Waals surface area (Å²) < 4.78 is 5.31. The lowest BCUT2D eigenvalue weighted by molar-refractivity contribution is 0.152. The monoisotopic (exact) mass is 448 g/mol. The van der Waals surface area contributed by atoms with Crippen LogP contribution in [0.5, 0.6) is 0 Å². The average Bonchev–Trinajstić information content (AvgIpc) is 2.60. The van der Waals surface area contributed by atoms with E-state index in [1.807, 2.05) is 6.92 Å². The van der Waals surface area contributed by atoms with Crippen LogP contribution < -0.4 is 10.6 Å². The number of aliphatic imine (C=N–C) groups is 1. The fourth-order valence-corrected chi connectivity index (χ4v) is 2.26. The van der Waals surface area contributed by atoms with Crippen LogP contribution in [0.3, 0.4) is 0 Å². The zero-order valence-corrected chi connectivity index (χ0v) is 17.8. The molecule has 24 heavy (non-hydrogen) atoms. The highest BCUT2D eigenvalue weighted by atomic mass is 127. The Labute approximate surface area is 164 Å². The molecule has 6 heteroatoms. The first kappa shape index (κ1) is 23.1. The first-order chi connectivity index (χ1) is 11.2. The molecular weight excluding hydrogens is 415 g/mol. The Kier molecular flexibility index (Phi) is 14.0. The van der Waals surface area contributed by atoms with Crippen LogP contribution in [0.15, 0.2) is 29.3 Å². The highest BCUT2D eigenvalue weighted by molar-refractivity contribution is 14.0. The van der Waals surface area contributed by atoms with Gasteiger partial charge in [0.2, 0.25) is 0 Å². The molecule has 0 saturated heterocycles. The van der Waals surface area contributed by atoms with Crippen molar-refractivity contribution >= 4 is 29.9 Å². The van der Waals surface area contributed by atoms with Crippen LogP contribution in [-0.4, -0.2) is 50.8 Å². The lowest BCUT2D eigenvalue weighted by atomic mass is 10.1. The fraction of sp³-hybridized carbons (Fsp3) is 0.611. The molecule has 0 bridgehead atoms. The van der Waals surface area contributed by atoms with E-state index < -0.39 is 0 Å². The second kappa shape index (κ2) is 14.5. The Hall–Kier alpha value is -0.860. The molecule has 0 aliphatic carbocycles. The van der Waals surface area contributed by atoms with Crippen molar-refractivity contribution in [3.05, 3.63) is 35.4 Å². The van der Waals surface area contributed by atoms with E-state index in [1.165, 1.54) is 11.1 Å². The Morgan fingerprint density at radius 2 is 1.67 bits per heavy atom. The van der Waals surface area contributed by atoms with Crippen LogP contribution in [-0.2, 0) is 17.8 Å². The van der Waals surface area contributed by atoms with Gasteiger partial charge in [0.15, 0.2) is 5.96 Å². The summed E-state index contributed by atoms with van der Waals surface area (Å²) in [5.41, 5.74) is 2.61. The number of rotatable bonds is 10. The molecule has 0 heterocycles. The van der Waals surface area contributed by atoms with Crippen molar-refractivity contribution < 1.29 is 4.74 Å². The molecule has 5 nitrogen and oxygen atoms in total. The number of ether oxygens (including phenoxy) is 1. The maximum atomic E-state index is 5.31. The van der Waals surface area contributed by atoms with E-state index in [0.717, 1.165) is 45.3 Å². The van der Waals surface area contributed by atoms with E-state index >= 15 is 0 Å². The Morgan fingerprint density at radius 1 is 1.04 bits per heavy atom. The van der Waals surface area contributed by atoms with Crippen molar-refractivity contribution in [1.82, 2.24) is 15.5 Å². The first-order valence-corrected chi connectivity index (χ1v) is 8.55. The van der Waals surface area contributed by atoms with Crippen molar-refractivity contribution in [2.45, 2.75) is 33.9 Å². The fourth-order valence-electron chi connectivity index (χ4n) is 2.26. The normalized spacial score (nSPS) is 11.3. The van der Waals surface area contributed by atoms with Gasteiger partial charge in [0.05, 0.1) is 6.61 Å². The van der Waals surface area contributed by atoms with Gasteiger partial charge in [-0.25, -0.2) is 0 Å². The van der Waals surface area contributed by atoms with Gasteiger partial charge < -0.3 is 15.4 Å². The van der Waals surface area contributed by atoms with Crippen LogP contribution in [0.25, 0.3) is 0 Å². The molecule has 0 atom stereocenters. The molecule has 2 N–H and O–H groups in total. The van der Waals surface area contributed by atoms with Gasteiger partial charge in [-0.1, -0.05) is 38.1 Å². The third-order valence-corrected chi connectivity index (χ3v) is 3.75. The standard InChI is InChI=1S/C18H32N4O.HI/c1-5-22(6-2)15-17-10-8-16(9-11-17)14-21-18(19-4)20-12-13-23-7-3;/h8-11H,5-7,12-15H2,1-4H3,(H2,19,20,21);1H. The topological polar surface area (TPSA) is 48.9 Å². The summed E-state index contributed by atoms with van der Waals surface area (Å²) in [4.78, 5) is 6.63. The number of benzene rings is 1. The van der Waals surface area contributed by atoms with Gasteiger partial charge in [-0.15, -0.1) is 24.0 Å². The van der Waals surface area contributed by atoms with Gasteiger partial charge in [0.25, 0.3) is 0 Å². The molecule has 0 aliphatic rings. The summed E-state index contributed by atoms with van der Waals surface area (Å²) in [6.45, 7) is 12.5. The van der Waals surface area contributed by atoms with Gasteiger partial charge in [-0.3, -0.25) is 9.89 Å². The van der Waals surface area contributed by atoms with E-state index in [0.29, 0.717) is 6.61 Å². The van der Waals surface area contributed by atoms with Crippen molar-refractivity contribution in [3.63, 3.8) is 0 Å². The second-order valence-electron chi connectivity index (χ2n) is 5.33. The minimum absolute atomic E-state index is 0. The van der Waals surface area contributed by atoms with Crippen LogP contribution in [0.4, 0.5) is 0 Å². The maximum Gasteiger partial charge on any atom is 0.191 e. The SMILES string of the molecule is CCOCCNC(=NC)NCc1ccc(CN(CC)CC)cc1.I. The van der Waals surface area contributed by atoms with Crippen LogP contribution in [0, 0.1) is 0 Å². The van der Waals surface area contributed by atoms with Gasteiger partial charge in [0.1, 0.15) is 0 Å². The van der Waals surface area contributed by atoms with E-state index in [1.54, 1.807) is 7.05 Å². The number of halogens is 1. The van der Waals surface area contributed by atoms with E-state index in [9.17, 15) is 0 Å². The van der Waals surface area contributed by atoms with Crippen molar-refractivity contribution in [2.24, 2.45) is 4.99 Å². The number of nitrogens with zero attached hydrogens (tertiary/aromatic N) is 2. The lowest BCUT2D eigenvalue weighted by Crippen LogP contribution is -2.38. The third-order valence-electron chi connectivity index (χ3n) is 3.75. The number of nitrogens with one attached hydrogen (secondary N) is 2. The summed E-state index contributed by atoms with van der Waals surface area (Å²) in [6, 6.07) is 8.78. The number of hydrogen-bond acceptors (Lipinski definition) is 3. The molecule has 0 fully saturated rings. The van der Waals surface area contributed by atoms with Crippen LogP contribution >= 0.6 is 24.0 Å². The molecule has 1 rings (SSSR count). The molecule has 1 aromatic carbocycles. The molecule has 0 amide bonds. The minimum atomic E-state index is 0. The Bertz CT molecular complexity index is 447. The maximum absolute atomic E-state index is 5.31. The summed E-state index contributed by atoms with van der Waals surface area (Å²) in [5.74, 6) is 0.803. The largest absolute Gasteiger partial charge is 0.380 e. The molecule has 0 aromatic heterocycles. The highest BCUT2D eigenvalue weighted by Crippen LogP contribution is 2.07. The lowest BCUT2D eigenvalue weighted by Gasteiger charge is -2.18. The summed E-state index contributed by atoms with van der Waals surface area (Å²) in [7, 11) is 1.78. The summed E-state index contributed by atoms with van der Waals surface area (Å²) in [5, 5.41) is 6.55. The number of guanidine groups is 1. The zero-order valence-electron chi connectivity index (χ0n) is 15.5. The summed E-state index contributed by atoms with van der Waals surface area (Å²) >= 11 is 0. The summed E-state index contributed by atoms with van der Waals surface area (Å²) in [6.07, 6.45) is 0. The Balaban J connectivity index is 0.00000529. The van der Waals surface area contributed by atoms with Crippen molar-refractivity contribution in [1.29, 1.82) is 0 Å². The predicted octanol–water partition coefficient (Wildman–Crippen LogP) is 2.85. The number of hydrogen-bond donors (Lipinski definition) is 2. The smallest absolute Gasteiger partial charge is 0.191 e. The van der Waals surface area contributed by atoms with E-state index in [4.69, 9.17) is 4.74 Å². The molecule has 0 saturated carbocycles. The van der Waals surface area contributed by atoms with Gasteiger partial charge in [-0.2, -0.15) is 0 Å². The van der Waals surface area contributed by atoms with Crippen LogP contribution in [0.2, 0.25) is 0 Å². The molecule has 0 aliphatic heterocycles. The van der Waals surface area contributed by atoms with E-state index in [-0.39, 0.29) is 24.0 Å². The third kappa shape index (κ3) is 9.44. The van der Waals surface area contributed by atoms with E-state index in [2.05, 4.69) is 58.6 Å². The molecule has 1 aromatic rings.